The van der Waals surface area contributed by atoms with Crippen molar-refractivity contribution >= 4 is 16.8 Å². The second-order valence-corrected chi connectivity index (χ2v) is 6.88. The van der Waals surface area contributed by atoms with E-state index in [1.54, 1.807) is 6.07 Å². The zero-order valence-electron chi connectivity index (χ0n) is 15.6. The number of nitrogens with one attached hydrogen (secondary N) is 2. The van der Waals surface area contributed by atoms with Crippen LogP contribution in [-0.2, 0) is 0 Å². The van der Waals surface area contributed by atoms with Crippen molar-refractivity contribution in [1.82, 2.24) is 15.2 Å². The van der Waals surface area contributed by atoms with Gasteiger partial charge in [-0.3, -0.25) is 4.79 Å². The first-order valence-electron chi connectivity index (χ1n) is 8.66. The highest BCUT2D eigenvalue weighted by atomic mass is 19.1. The lowest BCUT2D eigenvalue weighted by Crippen LogP contribution is -2.34. The molecule has 3 aromatic rings. The SMILES string of the molecule is Cc1[nH]c2ccc(C(=O)NCC(c3cccc(F)c3)N(C)C)cc2c1C. The van der Waals surface area contributed by atoms with Gasteiger partial charge in [0, 0.05) is 28.7 Å². The third-order valence-electron chi connectivity index (χ3n) is 4.88. The first-order chi connectivity index (χ1) is 12.4. The Bertz CT molecular complexity index is 946. The van der Waals surface area contributed by atoms with Crippen molar-refractivity contribution in [1.29, 1.82) is 0 Å². The van der Waals surface area contributed by atoms with Crippen molar-refractivity contribution in [2.45, 2.75) is 19.9 Å². The molecule has 5 heteroatoms. The molecule has 4 nitrogen and oxygen atoms in total. The molecule has 1 atom stereocenters. The van der Waals surface area contributed by atoms with Crippen LogP contribution in [-0.4, -0.2) is 36.4 Å². The zero-order valence-corrected chi connectivity index (χ0v) is 15.6. The van der Waals surface area contributed by atoms with E-state index in [9.17, 15) is 9.18 Å². The molecule has 0 bridgehead atoms. The molecule has 0 aliphatic rings. The Hall–Kier alpha value is -2.66. The quantitative estimate of drug-likeness (QED) is 0.729. The summed E-state index contributed by atoms with van der Waals surface area (Å²) < 4.78 is 13.5. The van der Waals surface area contributed by atoms with E-state index < -0.39 is 0 Å². The molecule has 0 aliphatic heterocycles. The van der Waals surface area contributed by atoms with Crippen molar-refractivity contribution in [2.75, 3.05) is 20.6 Å². The number of aromatic nitrogens is 1. The number of hydrogen-bond donors (Lipinski definition) is 2. The number of rotatable bonds is 5. The highest BCUT2D eigenvalue weighted by Gasteiger charge is 2.17. The fourth-order valence-corrected chi connectivity index (χ4v) is 3.21. The second-order valence-electron chi connectivity index (χ2n) is 6.88. The molecule has 136 valence electrons. The molecule has 0 aliphatic carbocycles. The number of aromatic amines is 1. The summed E-state index contributed by atoms with van der Waals surface area (Å²) >= 11 is 0. The first-order valence-corrected chi connectivity index (χ1v) is 8.66. The van der Waals surface area contributed by atoms with Gasteiger partial charge in [-0.1, -0.05) is 12.1 Å². The summed E-state index contributed by atoms with van der Waals surface area (Å²) in [7, 11) is 3.83. The lowest BCUT2D eigenvalue weighted by molar-refractivity contribution is 0.0942. The van der Waals surface area contributed by atoms with Crippen LogP contribution in [0.15, 0.2) is 42.5 Å². The van der Waals surface area contributed by atoms with Crippen LogP contribution in [0.1, 0.15) is 33.2 Å². The first kappa shape index (κ1) is 18.1. The molecular formula is C21H24FN3O. The number of fused-ring (bicyclic) bond motifs is 1. The number of aryl methyl sites for hydroxylation is 2. The Balaban J connectivity index is 1.77. The van der Waals surface area contributed by atoms with Crippen LogP contribution in [0.5, 0.6) is 0 Å². The Kier molecular flexibility index (Phi) is 5.09. The van der Waals surface area contributed by atoms with Gasteiger partial charge in [-0.05, 0) is 69.4 Å². The number of hydrogen-bond acceptors (Lipinski definition) is 2. The average Bonchev–Trinajstić information content (AvgIpc) is 2.88. The second kappa shape index (κ2) is 7.30. The number of nitrogens with zero attached hydrogens (tertiary/aromatic N) is 1. The summed E-state index contributed by atoms with van der Waals surface area (Å²) in [6.45, 7) is 4.47. The number of carbonyl (C=O) groups excluding carboxylic acids is 1. The third kappa shape index (κ3) is 3.63. The molecule has 1 unspecified atom stereocenters. The highest BCUT2D eigenvalue weighted by Crippen LogP contribution is 2.23. The van der Waals surface area contributed by atoms with E-state index in [2.05, 4.69) is 10.3 Å². The summed E-state index contributed by atoms with van der Waals surface area (Å²) in [6.07, 6.45) is 0. The van der Waals surface area contributed by atoms with Crippen LogP contribution in [0, 0.1) is 19.7 Å². The molecule has 1 heterocycles. The van der Waals surface area contributed by atoms with Crippen LogP contribution in [0.3, 0.4) is 0 Å². The van der Waals surface area contributed by atoms with Crippen molar-refractivity contribution in [2.24, 2.45) is 0 Å². The van der Waals surface area contributed by atoms with E-state index in [0.717, 1.165) is 27.7 Å². The maximum absolute atomic E-state index is 13.5. The minimum Gasteiger partial charge on any atom is -0.358 e. The van der Waals surface area contributed by atoms with Crippen LogP contribution in [0.4, 0.5) is 4.39 Å². The van der Waals surface area contributed by atoms with Gasteiger partial charge in [0.25, 0.3) is 5.91 Å². The monoisotopic (exact) mass is 353 g/mol. The molecule has 26 heavy (non-hydrogen) atoms. The van der Waals surface area contributed by atoms with E-state index in [1.165, 1.54) is 12.1 Å². The maximum atomic E-state index is 13.5. The van der Waals surface area contributed by atoms with E-state index in [0.29, 0.717) is 12.1 Å². The van der Waals surface area contributed by atoms with Crippen molar-refractivity contribution in [3.63, 3.8) is 0 Å². The number of benzene rings is 2. The Morgan fingerprint density at radius 1 is 1.19 bits per heavy atom. The third-order valence-corrected chi connectivity index (χ3v) is 4.88. The Labute approximate surface area is 153 Å². The zero-order chi connectivity index (χ0) is 18.8. The normalized spacial score (nSPS) is 12.5. The van der Waals surface area contributed by atoms with Crippen LogP contribution < -0.4 is 5.32 Å². The standard InChI is InChI=1S/C21H24FN3O/c1-13-14(2)24-19-9-8-16(11-18(13)19)21(26)23-12-20(25(3)4)15-6-5-7-17(22)10-15/h5-11,20,24H,12H2,1-4H3,(H,23,26). The average molecular weight is 353 g/mol. The maximum Gasteiger partial charge on any atom is 0.251 e. The predicted molar refractivity (Wildman–Crippen MR) is 103 cm³/mol. The molecule has 0 saturated carbocycles. The summed E-state index contributed by atoms with van der Waals surface area (Å²) in [5.74, 6) is -0.405. The Morgan fingerprint density at radius 3 is 2.65 bits per heavy atom. The predicted octanol–water partition coefficient (Wildman–Crippen LogP) is 3.96. The van der Waals surface area contributed by atoms with E-state index in [4.69, 9.17) is 0 Å². The van der Waals surface area contributed by atoms with Crippen molar-refractivity contribution in [3.05, 3.63) is 70.7 Å². The van der Waals surface area contributed by atoms with Crippen LogP contribution in [0.25, 0.3) is 10.9 Å². The molecule has 0 saturated heterocycles. The summed E-state index contributed by atoms with van der Waals surface area (Å²) in [6, 6.07) is 12.1. The highest BCUT2D eigenvalue weighted by molar-refractivity contribution is 5.99. The lowest BCUT2D eigenvalue weighted by Gasteiger charge is -2.25. The number of amides is 1. The molecule has 0 radical (unpaired) electrons. The molecule has 0 fully saturated rings. The minimum atomic E-state index is -0.274. The fraction of sp³-hybridized carbons (Fsp3) is 0.286. The summed E-state index contributed by atoms with van der Waals surface area (Å²) in [4.78, 5) is 17.9. The molecule has 2 aromatic carbocycles. The summed E-state index contributed by atoms with van der Waals surface area (Å²) in [5, 5.41) is 4.04. The van der Waals surface area contributed by atoms with Gasteiger partial charge in [-0.25, -0.2) is 4.39 Å². The van der Waals surface area contributed by atoms with Gasteiger partial charge in [-0.2, -0.15) is 0 Å². The van der Waals surface area contributed by atoms with Gasteiger partial charge in [0.15, 0.2) is 0 Å². The number of H-pyrrole nitrogens is 1. The lowest BCUT2D eigenvalue weighted by atomic mass is 10.1. The molecule has 2 N–H and O–H groups in total. The minimum absolute atomic E-state index is 0.102. The van der Waals surface area contributed by atoms with Gasteiger partial charge < -0.3 is 15.2 Å². The van der Waals surface area contributed by atoms with Gasteiger partial charge in [-0.15, -0.1) is 0 Å². The molecule has 1 amide bonds. The van der Waals surface area contributed by atoms with Crippen molar-refractivity contribution in [3.8, 4) is 0 Å². The summed E-state index contributed by atoms with van der Waals surface area (Å²) in [5.41, 5.74) is 4.75. The molecule has 1 aromatic heterocycles. The number of likely N-dealkylation sites (N-methyl/N-ethyl adjacent to an activating group) is 1. The smallest absolute Gasteiger partial charge is 0.251 e. The van der Waals surface area contributed by atoms with Gasteiger partial charge in [0.05, 0.1) is 6.04 Å². The van der Waals surface area contributed by atoms with Gasteiger partial charge in [0.1, 0.15) is 5.82 Å². The largest absolute Gasteiger partial charge is 0.358 e. The number of carbonyl (C=O) groups is 1. The Morgan fingerprint density at radius 2 is 1.96 bits per heavy atom. The molecule has 3 rings (SSSR count). The van der Waals surface area contributed by atoms with Gasteiger partial charge >= 0.3 is 0 Å². The van der Waals surface area contributed by atoms with Gasteiger partial charge in [0.2, 0.25) is 0 Å². The topological polar surface area (TPSA) is 48.1 Å². The van der Waals surface area contributed by atoms with Crippen molar-refractivity contribution < 1.29 is 9.18 Å². The van der Waals surface area contributed by atoms with Crippen LogP contribution in [0.2, 0.25) is 0 Å². The van der Waals surface area contributed by atoms with Crippen LogP contribution >= 0.6 is 0 Å². The van der Waals surface area contributed by atoms with E-state index >= 15 is 0 Å². The van der Waals surface area contributed by atoms with E-state index in [-0.39, 0.29) is 17.8 Å². The number of halogens is 1. The van der Waals surface area contributed by atoms with E-state index in [1.807, 2.05) is 57.1 Å². The molecule has 0 spiro atoms. The molecular weight excluding hydrogens is 329 g/mol. The fourth-order valence-electron chi connectivity index (χ4n) is 3.21.